The molecule has 0 aromatic heterocycles. The van der Waals surface area contributed by atoms with Gasteiger partial charge < -0.3 is 42.5 Å². The number of hydrogen-bond acceptors (Lipinski definition) is 21. The van der Waals surface area contributed by atoms with Crippen molar-refractivity contribution in [2.75, 3.05) is 79.9 Å². The van der Waals surface area contributed by atoms with E-state index in [4.69, 9.17) is 28.9 Å². The minimum Gasteiger partial charge on any atom is -0.384 e. The molecule has 0 amide bonds. The average molecular weight is 1580 g/mol. The third-order valence-electron chi connectivity index (χ3n) is 14.2. The maximum atomic E-state index is 12.7. The molecule has 0 radical (unpaired) electrons. The second-order valence-corrected chi connectivity index (χ2v) is 30.0. The molecule has 3 N–H and O–H groups in total. The highest BCUT2D eigenvalue weighted by Crippen LogP contribution is 2.43. The van der Waals surface area contributed by atoms with Gasteiger partial charge in [-0.3, -0.25) is 28.1 Å². The van der Waals surface area contributed by atoms with Crippen LogP contribution in [0.2, 0.25) is 0 Å². The Labute approximate surface area is 649 Å². The third kappa shape index (κ3) is 42.3. The molecule has 0 saturated carbocycles. The molecule has 6 aromatic rings. The van der Waals surface area contributed by atoms with Gasteiger partial charge in [-0.1, -0.05) is 37.5 Å². The van der Waals surface area contributed by atoms with Crippen molar-refractivity contribution < 1.29 is 70.5 Å². The van der Waals surface area contributed by atoms with Crippen molar-refractivity contribution in [1.29, 1.82) is 1.12 Å². The highest BCUT2D eigenvalue weighted by molar-refractivity contribution is 7.98. The molecule has 0 spiro atoms. The Hall–Kier alpha value is -7.34. The van der Waals surface area contributed by atoms with Crippen LogP contribution in [0.15, 0.2) is 180 Å². The molecule has 6 aromatic carbocycles. The fourth-order valence-electron chi connectivity index (χ4n) is 9.10. The number of thioether (sulfide) groups is 2. The number of benzene rings is 6. The number of azo groups is 3. The quantitative estimate of drug-likeness (QED) is 0.00762. The van der Waals surface area contributed by atoms with Gasteiger partial charge in [0.15, 0.2) is 17.3 Å². The normalized spacial score (nSPS) is 13.9. The zero-order chi connectivity index (χ0) is 78.4. The number of rotatable bonds is 32. The van der Waals surface area contributed by atoms with Crippen molar-refractivity contribution in [3.8, 4) is 59.2 Å². The summed E-state index contributed by atoms with van der Waals surface area (Å²) < 4.78 is 71.6. The Morgan fingerprint density at radius 3 is 0.972 bits per heavy atom. The number of carbonyl (C=O) groups excluding carboxylic acids is 3. The van der Waals surface area contributed by atoms with Gasteiger partial charge in [0.2, 0.25) is 0 Å². The fraction of sp³-hybridized carbons (Fsp3) is 0.372. The van der Waals surface area contributed by atoms with Crippen LogP contribution in [0.5, 0.6) is 0 Å². The fourth-order valence-corrected chi connectivity index (χ4v) is 12.5. The summed E-state index contributed by atoms with van der Waals surface area (Å²) in [6.07, 6.45) is 4.38. The summed E-state index contributed by atoms with van der Waals surface area (Å²) in [5.74, 6) is 24.2. The van der Waals surface area contributed by atoms with Gasteiger partial charge in [-0.15, -0.1) is 23.5 Å². The molecule has 28 heteroatoms. The molecule has 3 unspecified atom stereocenters. The first-order valence-corrected chi connectivity index (χ1v) is 41.5. The summed E-state index contributed by atoms with van der Waals surface area (Å²) in [6, 6.07) is 41.9. The SMILES string of the molecule is C.CC#CC#CC#CC#CC#CC.COC[C@H](CC(=O)c1ccc(N=Nc2c(C)cc(SC)cc2C)cc1)[C@H](C)OP(C)(=O)O.COC[C@H](CC(=O)c1ccc(N=Nc2ccc(SC)cc2)cc1)[C@H](C)OP(C)(=O)O.COC[C@H](CC(=O)c1ccc(N=Nc2ccccc2)cc1)[C@H](C)OP(C)(=O)O.S.[2H]SC. The Morgan fingerprint density at radius 2 is 0.717 bits per heavy atom. The van der Waals surface area contributed by atoms with E-state index in [1.54, 1.807) is 137 Å². The summed E-state index contributed by atoms with van der Waals surface area (Å²) in [6.45, 7) is 16.6. The van der Waals surface area contributed by atoms with Crippen LogP contribution >= 0.6 is 72.3 Å². The van der Waals surface area contributed by atoms with E-state index >= 15 is 0 Å². The number of Topliss-reactive ketones (excluding diaryl/α,β-unsaturated/α-hetero) is 3. The standard InChI is InChI=1S/C23H31N2O5PS.C21H27N2O5PS.C20H25N2O5P.C12H6.CH4S.CH4.H2S/c1-15-11-21(32-6)12-16(2)23(15)25-24-20-9-7-18(8-10-20)22(26)13-19(14-29-4)17(3)30-31(5,27)28;1-15(28-29(3,25)26)17(14-27-2)13-21(24)16-5-7-18(8-6-16)22-23-19-9-11-20(30-4)12-10-19;1-15(27-28(3,24)25)17(14-26-2)13-20(23)16-9-11-19(12-10-16)22-21-18-7-5-4-6-8-18;1-3-5-7-9-11-12-10-8-6-4-2;1-2;;/h7-12,17,19H,13-14H2,1-6H3,(H,27,28);5-12,15,17H,13-14H2,1-4H3,(H,25,26);4-12,15,17H,13-14H2,1-3H3,(H,24,25);1-2H3;2H,1H3;1H4;1H2/t17-,19-;2*15-,17-;;;;/m000..../s1/i/hD. The molecule has 0 saturated heterocycles. The maximum Gasteiger partial charge on any atom is 0.325 e. The van der Waals surface area contributed by atoms with Gasteiger partial charge in [-0.05, 0) is 247 Å². The molecular weight excluding hydrogens is 1480 g/mol. The molecule has 21 nitrogen and oxygen atoms in total. The molecule has 0 heterocycles. The van der Waals surface area contributed by atoms with Crippen molar-refractivity contribution in [3.05, 3.63) is 167 Å². The molecule has 570 valence electrons. The van der Waals surface area contributed by atoms with Crippen LogP contribution in [-0.2, 0) is 41.5 Å². The summed E-state index contributed by atoms with van der Waals surface area (Å²) in [5, 5.41) is 25.4. The first kappa shape index (κ1) is 96.7. The molecule has 9 atom stereocenters. The molecule has 0 bridgehead atoms. The molecule has 6 rings (SSSR count). The lowest BCUT2D eigenvalue weighted by molar-refractivity contribution is 0.0562. The van der Waals surface area contributed by atoms with E-state index in [1.807, 2.05) is 81.0 Å². The van der Waals surface area contributed by atoms with Gasteiger partial charge in [0.1, 0.15) is 1.12 Å². The van der Waals surface area contributed by atoms with Crippen LogP contribution in [0.25, 0.3) is 0 Å². The van der Waals surface area contributed by atoms with Gasteiger partial charge in [-0.2, -0.15) is 56.7 Å². The predicted molar refractivity (Wildman–Crippen MR) is 438 cm³/mol. The number of aryl methyl sites for hydroxylation is 2. The Morgan fingerprint density at radius 1 is 0.462 bits per heavy atom. The Kier molecular flexibility index (Phi) is 49.5. The lowest BCUT2D eigenvalue weighted by atomic mass is 9.95. The van der Waals surface area contributed by atoms with Crippen LogP contribution in [-0.4, -0.2) is 131 Å². The third-order valence-corrected chi connectivity index (χ3v) is 17.8. The number of thiol groups is 1. The van der Waals surface area contributed by atoms with Crippen LogP contribution in [0.3, 0.4) is 0 Å². The second-order valence-electron chi connectivity index (χ2n) is 22.8. The number of nitrogens with zero attached hydrogens (tertiary/aromatic N) is 6. The zero-order valence-corrected chi connectivity index (χ0v) is 68.1. The van der Waals surface area contributed by atoms with E-state index in [0.29, 0.717) is 33.8 Å². The van der Waals surface area contributed by atoms with Crippen LogP contribution in [0.1, 0.15) is 104 Å². The monoisotopic (exact) mass is 1580 g/mol. The van der Waals surface area contributed by atoms with Gasteiger partial charge in [-0.25, -0.2) is 0 Å². The summed E-state index contributed by atoms with van der Waals surface area (Å²) in [4.78, 5) is 68.6. The number of carbonyl (C=O) groups is 3. The topological polar surface area (TPSA) is 293 Å². The molecule has 0 aliphatic carbocycles. The van der Waals surface area contributed by atoms with E-state index in [-0.39, 0.29) is 95.1 Å². The van der Waals surface area contributed by atoms with Crippen molar-refractivity contribution >= 4 is 124 Å². The molecule has 0 aliphatic heterocycles. The van der Waals surface area contributed by atoms with E-state index in [1.165, 1.54) is 26.2 Å². The predicted octanol–water partition coefficient (Wildman–Crippen LogP) is 19.9. The van der Waals surface area contributed by atoms with Crippen LogP contribution in [0.4, 0.5) is 34.1 Å². The highest BCUT2D eigenvalue weighted by Gasteiger charge is 2.29. The minimum atomic E-state index is -3.66. The van der Waals surface area contributed by atoms with E-state index in [9.17, 15) is 42.8 Å². The van der Waals surface area contributed by atoms with Gasteiger partial charge >= 0.3 is 22.8 Å². The van der Waals surface area contributed by atoms with Gasteiger partial charge in [0.25, 0.3) is 0 Å². The van der Waals surface area contributed by atoms with E-state index in [2.05, 4.69) is 102 Å². The van der Waals surface area contributed by atoms with Crippen molar-refractivity contribution in [2.45, 2.75) is 103 Å². The first-order chi connectivity index (χ1) is 49.9. The zero-order valence-electron chi connectivity index (χ0n) is 63.0. The van der Waals surface area contributed by atoms with E-state index in [0.717, 1.165) is 65.6 Å². The smallest absolute Gasteiger partial charge is 0.325 e. The maximum absolute atomic E-state index is 12.7. The van der Waals surface area contributed by atoms with Crippen LogP contribution < -0.4 is 0 Å². The molecule has 0 fully saturated rings. The number of methoxy groups -OCH3 is 3. The largest absolute Gasteiger partial charge is 0.384 e. The van der Waals surface area contributed by atoms with Gasteiger partial charge in [0.05, 0.1) is 72.3 Å². The lowest BCUT2D eigenvalue weighted by Gasteiger charge is -2.24. The lowest BCUT2D eigenvalue weighted by Crippen LogP contribution is -2.26. The van der Waals surface area contributed by atoms with Crippen molar-refractivity contribution in [1.82, 2.24) is 0 Å². The number of hydrogen-bond donors (Lipinski definition) is 4. The van der Waals surface area contributed by atoms with E-state index < -0.39 is 41.1 Å². The minimum absolute atomic E-state index is 0. The highest BCUT2D eigenvalue weighted by atomic mass is 32.2. The number of ether oxygens (including phenoxy) is 3. The average Bonchev–Trinajstić information content (AvgIpc) is 0.834. The summed E-state index contributed by atoms with van der Waals surface area (Å²) in [7, 11) is -6.40. The van der Waals surface area contributed by atoms with Crippen LogP contribution in [0, 0.1) is 90.8 Å². The van der Waals surface area contributed by atoms with Gasteiger partial charge in [0, 0.05) is 105 Å². The van der Waals surface area contributed by atoms with Crippen molar-refractivity contribution in [2.24, 2.45) is 48.4 Å². The summed E-state index contributed by atoms with van der Waals surface area (Å²) >= 11 is 4.35. The molecular formula is C78H99N6O15P3S4. The first-order valence-electron chi connectivity index (χ1n) is 32.5. The molecule has 106 heavy (non-hydrogen) atoms. The Balaban J connectivity index is 0.00000143. The second kappa shape index (κ2) is 54.3. The summed E-state index contributed by atoms with van der Waals surface area (Å²) in [5.41, 5.74) is 7.95. The number of ketones is 3. The van der Waals surface area contributed by atoms with Crippen molar-refractivity contribution in [3.63, 3.8) is 0 Å². The Bertz CT molecular complexity index is 4210. The molecule has 0 aliphatic rings.